The van der Waals surface area contributed by atoms with Crippen molar-refractivity contribution in [3.63, 3.8) is 0 Å². The Kier molecular flexibility index (Phi) is 6.72. The minimum atomic E-state index is -0.555. The van der Waals surface area contributed by atoms with Crippen LogP contribution in [0.2, 0.25) is 0 Å². The molecule has 5 heteroatoms. The number of nitrogens with two attached hydrogens (primary N) is 1. The van der Waals surface area contributed by atoms with Crippen molar-refractivity contribution in [2.45, 2.75) is 19.4 Å². The van der Waals surface area contributed by atoms with Gasteiger partial charge in [0.25, 0.3) is 0 Å². The standard InChI is InChI=1S/C9H17N3O2/c1-7(5-10)6-12-9(13)8(11)3-4-14-2/h7-8H,3-4,6,11H2,1-2H3,(H,12,13). The molecule has 0 fully saturated rings. The van der Waals surface area contributed by atoms with Crippen LogP contribution in [0.1, 0.15) is 13.3 Å². The molecule has 0 spiro atoms. The third kappa shape index (κ3) is 5.51. The van der Waals surface area contributed by atoms with Gasteiger partial charge in [0.15, 0.2) is 0 Å². The Balaban J connectivity index is 3.68. The summed E-state index contributed by atoms with van der Waals surface area (Å²) < 4.78 is 4.80. The van der Waals surface area contributed by atoms with Crippen molar-refractivity contribution in [1.29, 1.82) is 5.26 Å². The quantitative estimate of drug-likeness (QED) is 0.610. The summed E-state index contributed by atoms with van der Waals surface area (Å²) in [6, 6.07) is 1.47. The lowest BCUT2D eigenvalue weighted by Gasteiger charge is -2.12. The lowest BCUT2D eigenvalue weighted by molar-refractivity contribution is -0.122. The van der Waals surface area contributed by atoms with Crippen molar-refractivity contribution in [1.82, 2.24) is 5.32 Å². The molecular formula is C9H17N3O2. The van der Waals surface area contributed by atoms with E-state index in [-0.39, 0.29) is 11.8 Å². The predicted molar refractivity (Wildman–Crippen MR) is 52.3 cm³/mol. The average Bonchev–Trinajstić information content (AvgIpc) is 2.21. The van der Waals surface area contributed by atoms with Gasteiger partial charge in [0.1, 0.15) is 0 Å². The lowest BCUT2D eigenvalue weighted by Crippen LogP contribution is -2.42. The Hall–Kier alpha value is -1.12. The molecule has 0 rings (SSSR count). The van der Waals surface area contributed by atoms with Crippen molar-refractivity contribution < 1.29 is 9.53 Å². The first-order valence-corrected chi connectivity index (χ1v) is 4.53. The second-order valence-corrected chi connectivity index (χ2v) is 3.16. The first-order valence-electron chi connectivity index (χ1n) is 4.53. The number of carbonyl (C=O) groups excluding carboxylic acids is 1. The molecule has 0 heterocycles. The molecule has 0 radical (unpaired) electrons. The highest BCUT2D eigenvalue weighted by atomic mass is 16.5. The van der Waals surface area contributed by atoms with Gasteiger partial charge in [-0.05, 0) is 13.3 Å². The molecule has 80 valence electrons. The molecule has 0 saturated heterocycles. The summed E-state index contributed by atoms with van der Waals surface area (Å²) in [4.78, 5) is 11.3. The van der Waals surface area contributed by atoms with Crippen LogP contribution < -0.4 is 11.1 Å². The largest absolute Gasteiger partial charge is 0.385 e. The molecule has 0 aromatic carbocycles. The molecule has 0 bridgehead atoms. The zero-order valence-electron chi connectivity index (χ0n) is 8.62. The van der Waals surface area contributed by atoms with Crippen LogP contribution in [0.25, 0.3) is 0 Å². The fourth-order valence-electron chi connectivity index (χ4n) is 0.806. The molecule has 3 N–H and O–H groups in total. The van der Waals surface area contributed by atoms with Gasteiger partial charge in [-0.2, -0.15) is 5.26 Å². The van der Waals surface area contributed by atoms with Crippen LogP contribution >= 0.6 is 0 Å². The SMILES string of the molecule is COCCC(N)C(=O)NCC(C)C#N. The maximum atomic E-state index is 11.3. The number of ether oxygens (including phenoxy) is 1. The van der Waals surface area contributed by atoms with Crippen LogP contribution in [0.15, 0.2) is 0 Å². The van der Waals surface area contributed by atoms with Gasteiger partial charge in [0.05, 0.1) is 18.0 Å². The summed E-state index contributed by atoms with van der Waals surface area (Å²) >= 11 is 0. The highest BCUT2D eigenvalue weighted by Crippen LogP contribution is 1.91. The van der Waals surface area contributed by atoms with E-state index in [1.807, 2.05) is 6.07 Å². The van der Waals surface area contributed by atoms with E-state index < -0.39 is 6.04 Å². The lowest BCUT2D eigenvalue weighted by atomic mass is 10.2. The van der Waals surface area contributed by atoms with E-state index >= 15 is 0 Å². The maximum Gasteiger partial charge on any atom is 0.237 e. The molecule has 0 aromatic rings. The van der Waals surface area contributed by atoms with E-state index in [4.69, 9.17) is 15.7 Å². The minimum Gasteiger partial charge on any atom is -0.385 e. The van der Waals surface area contributed by atoms with Crippen LogP contribution in [-0.2, 0) is 9.53 Å². The maximum absolute atomic E-state index is 11.3. The van der Waals surface area contributed by atoms with Gasteiger partial charge in [-0.1, -0.05) is 0 Å². The minimum absolute atomic E-state index is 0.187. The molecule has 0 aliphatic heterocycles. The van der Waals surface area contributed by atoms with Gasteiger partial charge in [0, 0.05) is 20.3 Å². The van der Waals surface area contributed by atoms with Crippen molar-refractivity contribution in [3.05, 3.63) is 0 Å². The zero-order valence-corrected chi connectivity index (χ0v) is 8.62. The van der Waals surface area contributed by atoms with Gasteiger partial charge in [-0.25, -0.2) is 0 Å². The van der Waals surface area contributed by atoms with Gasteiger partial charge in [-0.15, -0.1) is 0 Å². The van der Waals surface area contributed by atoms with E-state index in [2.05, 4.69) is 5.32 Å². The molecule has 2 atom stereocenters. The Morgan fingerprint density at radius 1 is 1.71 bits per heavy atom. The summed E-state index contributed by atoms with van der Waals surface area (Å²) in [5.74, 6) is -0.419. The summed E-state index contributed by atoms with van der Waals surface area (Å²) in [6.07, 6.45) is 0.489. The van der Waals surface area contributed by atoms with Gasteiger partial charge in [0.2, 0.25) is 5.91 Å². The number of hydrogen-bond donors (Lipinski definition) is 2. The third-order valence-electron chi connectivity index (χ3n) is 1.77. The summed E-state index contributed by atoms with van der Waals surface area (Å²) in [5.41, 5.74) is 5.56. The fourth-order valence-corrected chi connectivity index (χ4v) is 0.806. The molecule has 2 unspecified atom stereocenters. The Labute approximate surface area is 84.2 Å². The molecule has 0 aliphatic rings. The van der Waals surface area contributed by atoms with Gasteiger partial charge >= 0.3 is 0 Å². The predicted octanol–water partition coefficient (Wildman–Crippen LogP) is -0.374. The van der Waals surface area contributed by atoms with E-state index in [0.29, 0.717) is 19.6 Å². The fraction of sp³-hybridized carbons (Fsp3) is 0.778. The van der Waals surface area contributed by atoms with E-state index in [1.54, 1.807) is 14.0 Å². The van der Waals surface area contributed by atoms with Crippen LogP contribution in [-0.4, -0.2) is 32.2 Å². The van der Waals surface area contributed by atoms with Crippen LogP contribution in [0.4, 0.5) is 0 Å². The number of nitrogens with zero attached hydrogens (tertiary/aromatic N) is 1. The Bertz CT molecular complexity index is 213. The Morgan fingerprint density at radius 3 is 2.86 bits per heavy atom. The van der Waals surface area contributed by atoms with E-state index in [1.165, 1.54) is 0 Å². The number of methoxy groups -OCH3 is 1. The van der Waals surface area contributed by atoms with Crippen molar-refractivity contribution in [2.75, 3.05) is 20.3 Å². The number of carbonyl (C=O) groups is 1. The molecule has 1 amide bonds. The number of nitrogens with one attached hydrogen (secondary N) is 1. The van der Waals surface area contributed by atoms with E-state index in [9.17, 15) is 4.79 Å². The van der Waals surface area contributed by atoms with Crippen molar-refractivity contribution in [3.8, 4) is 6.07 Å². The Morgan fingerprint density at radius 2 is 2.36 bits per heavy atom. The highest BCUT2D eigenvalue weighted by Gasteiger charge is 2.13. The number of rotatable bonds is 6. The van der Waals surface area contributed by atoms with Gasteiger partial charge < -0.3 is 15.8 Å². The molecule has 14 heavy (non-hydrogen) atoms. The number of nitriles is 1. The average molecular weight is 199 g/mol. The first kappa shape index (κ1) is 12.9. The van der Waals surface area contributed by atoms with Crippen molar-refractivity contribution in [2.24, 2.45) is 11.7 Å². The monoisotopic (exact) mass is 199 g/mol. The van der Waals surface area contributed by atoms with Crippen LogP contribution in [0, 0.1) is 17.2 Å². The molecule has 0 saturated carbocycles. The summed E-state index contributed by atoms with van der Waals surface area (Å²) in [6.45, 7) is 2.54. The molecule has 5 nitrogen and oxygen atoms in total. The third-order valence-corrected chi connectivity index (χ3v) is 1.77. The second kappa shape index (κ2) is 7.30. The van der Waals surface area contributed by atoms with Crippen LogP contribution in [0.5, 0.6) is 0 Å². The summed E-state index contributed by atoms with van der Waals surface area (Å²) in [5, 5.41) is 11.1. The summed E-state index contributed by atoms with van der Waals surface area (Å²) in [7, 11) is 1.56. The normalized spacial score (nSPS) is 14.1. The molecule has 0 aliphatic carbocycles. The molecular weight excluding hydrogens is 182 g/mol. The number of hydrogen-bond acceptors (Lipinski definition) is 4. The van der Waals surface area contributed by atoms with Crippen molar-refractivity contribution >= 4 is 5.91 Å². The first-order chi connectivity index (χ1) is 6.61. The van der Waals surface area contributed by atoms with Crippen LogP contribution in [0.3, 0.4) is 0 Å². The second-order valence-electron chi connectivity index (χ2n) is 3.16. The van der Waals surface area contributed by atoms with Gasteiger partial charge in [-0.3, -0.25) is 4.79 Å². The zero-order chi connectivity index (χ0) is 11.0. The molecule has 0 aromatic heterocycles. The smallest absolute Gasteiger partial charge is 0.237 e. The number of amides is 1. The highest BCUT2D eigenvalue weighted by molar-refractivity contribution is 5.81. The van der Waals surface area contributed by atoms with E-state index in [0.717, 1.165) is 0 Å². The topological polar surface area (TPSA) is 88.1 Å².